The molecule has 0 amide bonds. The second-order valence-electron chi connectivity index (χ2n) is 5.29. The Kier molecular flexibility index (Phi) is 2.26. The molecule has 2 heterocycles. The standard InChI is InChI=1S/C11H20N2O/c1-3-12-4-2-9(1)13-10-5-11(6-10)7-14-8-11/h9-10,12-13H,1-8H2. The van der Waals surface area contributed by atoms with Gasteiger partial charge in [-0.1, -0.05) is 0 Å². The minimum Gasteiger partial charge on any atom is -0.380 e. The molecule has 3 aliphatic rings. The summed E-state index contributed by atoms with van der Waals surface area (Å²) >= 11 is 0. The van der Waals surface area contributed by atoms with Crippen molar-refractivity contribution in [1.82, 2.24) is 10.6 Å². The van der Waals surface area contributed by atoms with Crippen LogP contribution in [0.4, 0.5) is 0 Å². The van der Waals surface area contributed by atoms with Crippen molar-refractivity contribution in [3.8, 4) is 0 Å². The molecule has 2 saturated heterocycles. The van der Waals surface area contributed by atoms with Crippen molar-refractivity contribution in [3.05, 3.63) is 0 Å². The Bertz CT molecular complexity index is 201. The van der Waals surface area contributed by atoms with Crippen molar-refractivity contribution < 1.29 is 4.74 Å². The van der Waals surface area contributed by atoms with Crippen LogP contribution in [-0.2, 0) is 4.74 Å². The zero-order valence-corrected chi connectivity index (χ0v) is 8.72. The van der Waals surface area contributed by atoms with Gasteiger partial charge in [0.25, 0.3) is 0 Å². The van der Waals surface area contributed by atoms with E-state index in [0.717, 1.165) is 25.3 Å². The summed E-state index contributed by atoms with van der Waals surface area (Å²) in [6.07, 6.45) is 5.33. The Labute approximate surface area is 85.6 Å². The molecule has 0 unspecified atom stereocenters. The minimum absolute atomic E-state index is 0.616. The smallest absolute Gasteiger partial charge is 0.0545 e. The molecule has 1 saturated carbocycles. The maximum Gasteiger partial charge on any atom is 0.0545 e. The van der Waals surface area contributed by atoms with Crippen molar-refractivity contribution in [3.63, 3.8) is 0 Å². The molecule has 0 aromatic heterocycles. The minimum atomic E-state index is 0.616. The molecule has 2 N–H and O–H groups in total. The molecular weight excluding hydrogens is 176 g/mol. The highest BCUT2D eigenvalue weighted by molar-refractivity contribution is 5.02. The van der Waals surface area contributed by atoms with Gasteiger partial charge < -0.3 is 15.4 Å². The number of hydrogen-bond donors (Lipinski definition) is 2. The Morgan fingerprint density at radius 1 is 1.07 bits per heavy atom. The number of ether oxygens (including phenoxy) is 1. The number of nitrogens with one attached hydrogen (secondary N) is 2. The predicted octanol–water partition coefficient (Wildman–Crippen LogP) is 0.507. The SMILES string of the molecule is C1CC(NC2CC3(COC3)C2)CCN1. The highest BCUT2D eigenvalue weighted by Gasteiger charge is 2.49. The van der Waals surface area contributed by atoms with E-state index in [9.17, 15) is 0 Å². The molecule has 2 aliphatic heterocycles. The monoisotopic (exact) mass is 196 g/mol. The third-order valence-corrected chi connectivity index (χ3v) is 3.99. The van der Waals surface area contributed by atoms with Crippen LogP contribution in [0.3, 0.4) is 0 Å². The maximum absolute atomic E-state index is 5.28. The average Bonchev–Trinajstić information content (AvgIpc) is 2.09. The highest BCUT2D eigenvalue weighted by atomic mass is 16.5. The quantitative estimate of drug-likeness (QED) is 0.675. The van der Waals surface area contributed by atoms with E-state index >= 15 is 0 Å². The maximum atomic E-state index is 5.28. The summed E-state index contributed by atoms with van der Waals surface area (Å²) in [5.41, 5.74) is 0.616. The molecule has 0 aromatic carbocycles. The van der Waals surface area contributed by atoms with E-state index in [1.54, 1.807) is 0 Å². The van der Waals surface area contributed by atoms with Crippen LogP contribution in [0.25, 0.3) is 0 Å². The lowest BCUT2D eigenvalue weighted by Crippen LogP contribution is -2.60. The van der Waals surface area contributed by atoms with E-state index in [-0.39, 0.29) is 0 Å². The summed E-state index contributed by atoms with van der Waals surface area (Å²) in [6, 6.07) is 1.57. The summed E-state index contributed by atoms with van der Waals surface area (Å²) in [4.78, 5) is 0. The van der Waals surface area contributed by atoms with Crippen molar-refractivity contribution >= 4 is 0 Å². The average molecular weight is 196 g/mol. The van der Waals surface area contributed by atoms with Crippen molar-refractivity contribution in [1.29, 1.82) is 0 Å². The second kappa shape index (κ2) is 3.47. The van der Waals surface area contributed by atoms with E-state index in [4.69, 9.17) is 4.74 Å². The lowest BCUT2D eigenvalue weighted by atomic mass is 9.64. The Balaban J connectivity index is 1.41. The van der Waals surface area contributed by atoms with Crippen LogP contribution in [0.5, 0.6) is 0 Å². The van der Waals surface area contributed by atoms with E-state index in [1.165, 1.54) is 38.8 Å². The third kappa shape index (κ3) is 1.58. The molecule has 3 rings (SSSR count). The van der Waals surface area contributed by atoms with Crippen molar-refractivity contribution in [2.24, 2.45) is 5.41 Å². The Hall–Kier alpha value is -0.120. The molecule has 0 bridgehead atoms. The van der Waals surface area contributed by atoms with Crippen molar-refractivity contribution in [2.75, 3.05) is 26.3 Å². The van der Waals surface area contributed by atoms with E-state index in [2.05, 4.69) is 10.6 Å². The van der Waals surface area contributed by atoms with Crippen LogP contribution in [0.15, 0.2) is 0 Å². The molecule has 0 aromatic rings. The lowest BCUT2D eigenvalue weighted by Gasteiger charge is -2.54. The van der Waals surface area contributed by atoms with Gasteiger partial charge in [-0.05, 0) is 38.8 Å². The zero-order chi connectivity index (χ0) is 9.43. The summed E-state index contributed by atoms with van der Waals surface area (Å²) in [7, 11) is 0. The molecule has 1 aliphatic carbocycles. The van der Waals surface area contributed by atoms with Gasteiger partial charge >= 0.3 is 0 Å². The second-order valence-corrected chi connectivity index (χ2v) is 5.29. The van der Waals surface area contributed by atoms with Crippen molar-refractivity contribution in [2.45, 2.75) is 37.8 Å². The van der Waals surface area contributed by atoms with Gasteiger partial charge in [0.2, 0.25) is 0 Å². The molecule has 80 valence electrons. The third-order valence-electron chi connectivity index (χ3n) is 3.99. The topological polar surface area (TPSA) is 33.3 Å². The van der Waals surface area contributed by atoms with Crippen LogP contribution in [0.1, 0.15) is 25.7 Å². The normalized spacial score (nSPS) is 32.6. The summed E-state index contributed by atoms with van der Waals surface area (Å²) < 4.78 is 5.28. The summed E-state index contributed by atoms with van der Waals surface area (Å²) in [6.45, 7) is 4.44. The lowest BCUT2D eigenvalue weighted by molar-refractivity contribution is -0.168. The van der Waals surface area contributed by atoms with Gasteiger partial charge in [0, 0.05) is 17.5 Å². The first kappa shape index (κ1) is 9.13. The fourth-order valence-electron chi connectivity index (χ4n) is 3.05. The van der Waals surface area contributed by atoms with Gasteiger partial charge in [-0.3, -0.25) is 0 Å². The molecule has 3 nitrogen and oxygen atoms in total. The molecule has 14 heavy (non-hydrogen) atoms. The molecule has 3 fully saturated rings. The largest absolute Gasteiger partial charge is 0.380 e. The summed E-state index contributed by atoms with van der Waals surface area (Å²) in [5, 5.41) is 7.19. The first-order valence-electron chi connectivity index (χ1n) is 5.91. The fourth-order valence-corrected chi connectivity index (χ4v) is 3.05. The Morgan fingerprint density at radius 2 is 1.79 bits per heavy atom. The van der Waals surface area contributed by atoms with Crippen LogP contribution in [-0.4, -0.2) is 38.4 Å². The van der Waals surface area contributed by atoms with Crippen LogP contribution in [0.2, 0.25) is 0 Å². The van der Waals surface area contributed by atoms with Gasteiger partial charge in [0.15, 0.2) is 0 Å². The van der Waals surface area contributed by atoms with E-state index < -0.39 is 0 Å². The van der Waals surface area contributed by atoms with Gasteiger partial charge in [0.05, 0.1) is 13.2 Å². The van der Waals surface area contributed by atoms with E-state index in [1.807, 2.05) is 0 Å². The first-order chi connectivity index (χ1) is 6.86. The molecule has 0 atom stereocenters. The van der Waals surface area contributed by atoms with Gasteiger partial charge in [-0.25, -0.2) is 0 Å². The Morgan fingerprint density at radius 3 is 2.36 bits per heavy atom. The van der Waals surface area contributed by atoms with Gasteiger partial charge in [-0.15, -0.1) is 0 Å². The highest BCUT2D eigenvalue weighted by Crippen LogP contribution is 2.47. The predicted molar refractivity (Wildman–Crippen MR) is 55.3 cm³/mol. The zero-order valence-electron chi connectivity index (χ0n) is 8.72. The van der Waals surface area contributed by atoms with E-state index in [0.29, 0.717) is 5.41 Å². The van der Waals surface area contributed by atoms with Gasteiger partial charge in [-0.2, -0.15) is 0 Å². The summed E-state index contributed by atoms with van der Waals surface area (Å²) in [5.74, 6) is 0. The molecular formula is C11H20N2O. The fraction of sp³-hybridized carbons (Fsp3) is 1.00. The van der Waals surface area contributed by atoms with Crippen LogP contribution >= 0.6 is 0 Å². The van der Waals surface area contributed by atoms with Crippen LogP contribution < -0.4 is 10.6 Å². The number of rotatable bonds is 2. The number of piperidine rings is 1. The number of hydrogen-bond acceptors (Lipinski definition) is 3. The molecule has 1 spiro atoms. The molecule has 3 heteroatoms. The molecule has 0 radical (unpaired) electrons. The van der Waals surface area contributed by atoms with Gasteiger partial charge in [0.1, 0.15) is 0 Å². The first-order valence-corrected chi connectivity index (χ1v) is 5.91. The van der Waals surface area contributed by atoms with Crippen LogP contribution in [0, 0.1) is 5.41 Å².